The number of hydrogen-bond donors (Lipinski definition) is 1. The van der Waals surface area contributed by atoms with Crippen LogP contribution < -0.4 is 0 Å². The van der Waals surface area contributed by atoms with Gasteiger partial charge in [-0.15, -0.1) is 0 Å². The molecule has 0 saturated carbocycles. The summed E-state index contributed by atoms with van der Waals surface area (Å²) in [6.07, 6.45) is 5.60. The van der Waals surface area contributed by atoms with Crippen molar-refractivity contribution < 1.29 is 14.7 Å². The van der Waals surface area contributed by atoms with E-state index in [1.165, 1.54) is 12.4 Å². The maximum Gasteiger partial charge on any atom is 0.356 e. The summed E-state index contributed by atoms with van der Waals surface area (Å²) in [7, 11) is 0. The number of piperidine rings is 1. The van der Waals surface area contributed by atoms with Crippen molar-refractivity contribution in [1.82, 2.24) is 14.9 Å². The van der Waals surface area contributed by atoms with Gasteiger partial charge in [-0.1, -0.05) is 0 Å². The van der Waals surface area contributed by atoms with Gasteiger partial charge in [-0.3, -0.25) is 4.79 Å². The first-order valence-corrected chi connectivity index (χ1v) is 5.96. The maximum absolute atomic E-state index is 12.3. The van der Waals surface area contributed by atoms with Gasteiger partial charge in [0.2, 0.25) is 0 Å². The lowest BCUT2D eigenvalue weighted by Gasteiger charge is -2.33. The highest BCUT2D eigenvalue weighted by Gasteiger charge is 2.28. The minimum absolute atomic E-state index is 0.0706. The summed E-state index contributed by atoms with van der Waals surface area (Å²) < 4.78 is 0. The van der Waals surface area contributed by atoms with E-state index in [9.17, 15) is 9.59 Å². The van der Waals surface area contributed by atoms with E-state index in [2.05, 4.69) is 9.97 Å². The van der Waals surface area contributed by atoms with E-state index in [1.54, 1.807) is 4.90 Å². The number of amides is 1. The Morgan fingerprint density at radius 2 is 1.94 bits per heavy atom. The van der Waals surface area contributed by atoms with Crippen molar-refractivity contribution in [2.45, 2.75) is 32.2 Å². The fourth-order valence-electron chi connectivity index (χ4n) is 2.19. The molecule has 1 aromatic heterocycles. The summed E-state index contributed by atoms with van der Waals surface area (Å²) >= 11 is 0. The normalized spacial score (nSPS) is 19.6. The van der Waals surface area contributed by atoms with Gasteiger partial charge < -0.3 is 10.0 Å². The molecule has 1 unspecified atom stereocenters. The number of nitrogens with zero attached hydrogens (tertiary/aromatic N) is 3. The lowest BCUT2D eigenvalue weighted by molar-refractivity contribution is 0.0604. The second kappa shape index (κ2) is 5.12. The molecule has 1 N–H and O–H groups in total. The van der Waals surface area contributed by atoms with Gasteiger partial charge >= 0.3 is 5.97 Å². The van der Waals surface area contributed by atoms with Crippen LogP contribution in [0.1, 0.15) is 47.2 Å². The molecule has 1 amide bonds. The fraction of sp³-hybridized carbons (Fsp3) is 0.500. The molecule has 6 heteroatoms. The van der Waals surface area contributed by atoms with Crippen LogP contribution in [0.2, 0.25) is 0 Å². The van der Waals surface area contributed by atoms with Crippen LogP contribution in [-0.2, 0) is 0 Å². The molecular formula is C12H15N3O3. The zero-order valence-corrected chi connectivity index (χ0v) is 10.2. The number of carboxylic acid groups (broad SMARTS) is 1. The summed E-state index contributed by atoms with van der Waals surface area (Å²) in [5, 5.41) is 9.01. The zero-order valence-electron chi connectivity index (χ0n) is 10.2. The van der Waals surface area contributed by atoms with Crippen LogP contribution in [0.15, 0.2) is 12.4 Å². The van der Waals surface area contributed by atoms with Crippen molar-refractivity contribution in [1.29, 1.82) is 0 Å². The van der Waals surface area contributed by atoms with Crippen molar-refractivity contribution in [3.05, 3.63) is 23.8 Å². The number of carbonyl (C=O) groups is 2. The van der Waals surface area contributed by atoms with Gasteiger partial charge in [0.05, 0.1) is 0 Å². The van der Waals surface area contributed by atoms with Crippen LogP contribution in [0.25, 0.3) is 0 Å². The lowest BCUT2D eigenvalue weighted by atomic mass is 10.0. The SMILES string of the molecule is CC1CCCCN1C(=O)c1nccnc1C(=O)O. The topological polar surface area (TPSA) is 83.4 Å². The average molecular weight is 249 g/mol. The summed E-state index contributed by atoms with van der Waals surface area (Å²) in [6, 6.07) is 0.120. The van der Waals surface area contributed by atoms with Crippen molar-refractivity contribution in [3.8, 4) is 0 Å². The van der Waals surface area contributed by atoms with Crippen LogP contribution in [-0.4, -0.2) is 44.4 Å². The minimum Gasteiger partial charge on any atom is -0.476 e. The van der Waals surface area contributed by atoms with E-state index in [0.29, 0.717) is 6.54 Å². The molecule has 2 rings (SSSR count). The molecule has 0 aromatic carbocycles. The van der Waals surface area contributed by atoms with Gasteiger partial charge in [0.1, 0.15) is 0 Å². The molecule has 0 radical (unpaired) electrons. The first kappa shape index (κ1) is 12.5. The van der Waals surface area contributed by atoms with Gasteiger partial charge in [0, 0.05) is 25.0 Å². The molecule has 1 saturated heterocycles. The molecule has 18 heavy (non-hydrogen) atoms. The Labute approximate surface area is 105 Å². The number of hydrogen-bond acceptors (Lipinski definition) is 4. The van der Waals surface area contributed by atoms with E-state index in [-0.39, 0.29) is 23.3 Å². The fourth-order valence-corrected chi connectivity index (χ4v) is 2.19. The average Bonchev–Trinajstić information content (AvgIpc) is 2.38. The highest BCUT2D eigenvalue weighted by molar-refractivity contribution is 6.02. The Kier molecular flexibility index (Phi) is 3.55. The van der Waals surface area contributed by atoms with Gasteiger partial charge in [-0.2, -0.15) is 0 Å². The van der Waals surface area contributed by atoms with Crippen molar-refractivity contribution in [2.75, 3.05) is 6.54 Å². The molecule has 1 fully saturated rings. The molecule has 6 nitrogen and oxygen atoms in total. The van der Waals surface area contributed by atoms with Crippen molar-refractivity contribution >= 4 is 11.9 Å². The van der Waals surface area contributed by atoms with E-state index >= 15 is 0 Å². The number of rotatable bonds is 2. The summed E-state index contributed by atoms with van der Waals surface area (Å²) in [4.78, 5) is 32.6. The maximum atomic E-state index is 12.3. The molecule has 1 atom stereocenters. The molecule has 0 aliphatic carbocycles. The van der Waals surface area contributed by atoms with Crippen LogP contribution in [0.5, 0.6) is 0 Å². The highest BCUT2D eigenvalue weighted by atomic mass is 16.4. The minimum atomic E-state index is -1.23. The van der Waals surface area contributed by atoms with E-state index in [4.69, 9.17) is 5.11 Å². The predicted octanol–water partition coefficient (Wildman–Crippen LogP) is 1.19. The first-order chi connectivity index (χ1) is 8.61. The number of carbonyl (C=O) groups excluding carboxylic acids is 1. The number of likely N-dealkylation sites (tertiary alicyclic amines) is 1. The number of aromatic nitrogens is 2. The summed E-state index contributed by atoms with van der Waals surface area (Å²) in [5.74, 6) is -1.57. The molecule has 0 bridgehead atoms. The highest BCUT2D eigenvalue weighted by Crippen LogP contribution is 2.19. The van der Waals surface area contributed by atoms with E-state index in [0.717, 1.165) is 19.3 Å². The molecule has 1 aliphatic heterocycles. The second-order valence-corrected chi connectivity index (χ2v) is 4.40. The van der Waals surface area contributed by atoms with Gasteiger partial charge in [0.25, 0.3) is 5.91 Å². The summed E-state index contributed by atoms with van der Waals surface area (Å²) in [6.45, 7) is 2.61. The third-order valence-electron chi connectivity index (χ3n) is 3.17. The zero-order chi connectivity index (χ0) is 13.1. The molecule has 2 heterocycles. The number of aromatic carboxylic acids is 1. The Morgan fingerprint density at radius 3 is 2.56 bits per heavy atom. The Hall–Kier alpha value is -1.98. The molecule has 1 aliphatic rings. The van der Waals surface area contributed by atoms with E-state index in [1.807, 2.05) is 6.92 Å². The monoisotopic (exact) mass is 249 g/mol. The van der Waals surface area contributed by atoms with E-state index < -0.39 is 5.97 Å². The van der Waals surface area contributed by atoms with Crippen molar-refractivity contribution in [3.63, 3.8) is 0 Å². The van der Waals surface area contributed by atoms with Crippen LogP contribution in [0.3, 0.4) is 0 Å². The lowest BCUT2D eigenvalue weighted by Crippen LogP contribution is -2.43. The standard InChI is InChI=1S/C12H15N3O3/c1-8-4-2-3-7-15(8)11(16)9-10(12(17)18)14-6-5-13-9/h5-6,8H,2-4,7H2,1H3,(H,17,18). The molecule has 96 valence electrons. The molecular weight excluding hydrogens is 234 g/mol. The smallest absolute Gasteiger partial charge is 0.356 e. The van der Waals surface area contributed by atoms with Crippen molar-refractivity contribution in [2.24, 2.45) is 0 Å². The number of carboxylic acids is 1. The third-order valence-corrected chi connectivity index (χ3v) is 3.17. The predicted molar refractivity (Wildman–Crippen MR) is 63.3 cm³/mol. The second-order valence-electron chi connectivity index (χ2n) is 4.40. The quantitative estimate of drug-likeness (QED) is 0.851. The molecule has 1 aromatic rings. The largest absolute Gasteiger partial charge is 0.476 e. The Bertz CT molecular complexity index is 475. The third kappa shape index (κ3) is 2.32. The van der Waals surface area contributed by atoms with Gasteiger partial charge in [-0.05, 0) is 26.2 Å². The van der Waals surface area contributed by atoms with Gasteiger partial charge in [-0.25, -0.2) is 14.8 Å². The first-order valence-electron chi connectivity index (χ1n) is 5.96. The van der Waals surface area contributed by atoms with Gasteiger partial charge in [0.15, 0.2) is 11.4 Å². The van der Waals surface area contributed by atoms with Crippen LogP contribution >= 0.6 is 0 Å². The van der Waals surface area contributed by atoms with Crippen LogP contribution in [0, 0.1) is 0 Å². The Morgan fingerprint density at radius 1 is 1.28 bits per heavy atom. The van der Waals surface area contributed by atoms with Crippen LogP contribution in [0.4, 0.5) is 0 Å². The summed E-state index contributed by atoms with van der Waals surface area (Å²) in [5.41, 5.74) is -0.348. The molecule has 0 spiro atoms. The Balaban J connectivity index is 2.30.